The molecule has 1 fully saturated rings. The molecule has 30 heavy (non-hydrogen) atoms. The standard InChI is InChI=1S/C21H18F3N3O3/c22-21(23,24)30-16-4-1-3-15(13-16)29-14-8-11-27(12-9-14)20(28)19-7-6-17-18(26-19)5-2-10-25-17/h1-7,10,13-14H,8-9,11-12H2. The van der Waals surface area contributed by atoms with Crippen molar-refractivity contribution in [3.63, 3.8) is 0 Å². The van der Waals surface area contributed by atoms with Gasteiger partial charge in [0, 0.05) is 38.2 Å². The van der Waals surface area contributed by atoms with Gasteiger partial charge >= 0.3 is 6.36 Å². The summed E-state index contributed by atoms with van der Waals surface area (Å²) in [4.78, 5) is 23.0. The summed E-state index contributed by atoms with van der Waals surface area (Å²) in [6.07, 6.45) is -2.17. The molecule has 0 unspecified atom stereocenters. The minimum absolute atomic E-state index is 0.167. The quantitative estimate of drug-likeness (QED) is 0.636. The van der Waals surface area contributed by atoms with Gasteiger partial charge in [0.2, 0.25) is 0 Å². The van der Waals surface area contributed by atoms with E-state index in [9.17, 15) is 18.0 Å². The highest BCUT2D eigenvalue weighted by Crippen LogP contribution is 2.28. The van der Waals surface area contributed by atoms with Gasteiger partial charge in [-0.15, -0.1) is 13.2 Å². The van der Waals surface area contributed by atoms with Gasteiger partial charge < -0.3 is 14.4 Å². The fourth-order valence-electron chi connectivity index (χ4n) is 3.35. The lowest BCUT2D eigenvalue weighted by atomic mass is 10.1. The highest BCUT2D eigenvalue weighted by molar-refractivity contribution is 5.94. The summed E-state index contributed by atoms with van der Waals surface area (Å²) < 4.78 is 46.8. The van der Waals surface area contributed by atoms with E-state index < -0.39 is 6.36 Å². The van der Waals surface area contributed by atoms with Gasteiger partial charge in [-0.25, -0.2) is 4.98 Å². The van der Waals surface area contributed by atoms with E-state index in [0.29, 0.717) is 42.9 Å². The average molecular weight is 417 g/mol. The third kappa shape index (κ3) is 4.79. The first-order chi connectivity index (χ1) is 14.4. The molecule has 0 radical (unpaired) electrons. The topological polar surface area (TPSA) is 64.6 Å². The van der Waals surface area contributed by atoms with E-state index in [1.807, 2.05) is 0 Å². The van der Waals surface area contributed by atoms with Crippen molar-refractivity contribution in [1.82, 2.24) is 14.9 Å². The van der Waals surface area contributed by atoms with Crippen molar-refractivity contribution in [2.45, 2.75) is 25.3 Å². The molecule has 0 saturated carbocycles. The molecule has 6 nitrogen and oxygen atoms in total. The van der Waals surface area contributed by atoms with Crippen LogP contribution in [0.2, 0.25) is 0 Å². The molecular formula is C21H18F3N3O3. The first-order valence-electron chi connectivity index (χ1n) is 9.41. The van der Waals surface area contributed by atoms with E-state index in [2.05, 4.69) is 14.7 Å². The second-order valence-electron chi connectivity index (χ2n) is 6.87. The molecule has 0 bridgehead atoms. The van der Waals surface area contributed by atoms with E-state index in [1.54, 1.807) is 41.4 Å². The molecule has 1 amide bonds. The van der Waals surface area contributed by atoms with Gasteiger partial charge in [0.15, 0.2) is 0 Å². The molecule has 1 saturated heterocycles. The average Bonchev–Trinajstić information content (AvgIpc) is 2.72. The predicted molar refractivity (Wildman–Crippen MR) is 102 cm³/mol. The minimum atomic E-state index is -4.75. The molecule has 156 valence electrons. The predicted octanol–water partition coefficient (Wildman–Crippen LogP) is 4.21. The summed E-state index contributed by atoms with van der Waals surface area (Å²) >= 11 is 0. The number of carbonyl (C=O) groups excluding carboxylic acids is 1. The summed E-state index contributed by atoms with van der Waals surface area (Å²) in [7, 11) is 0. The minimum Gasteiger partial charge on any atom is -0.490 e. The molecule has 2 aromatic heterocycles. The molecule has 3 heterocycles. The zero-order chi connectivity index (χ0) is 21.1. The van der Waals surface area contributed by atoms with Crippen molar-refractivity contribution >= 4 is 16.9 Å². The van der Waals surface area contributed by atoms with Crippen LogP contribution in [0.3, 0.4) is 0 Å². The van der Waals surface area contributed by atoms with Crippen LogP contribution in [0.4, 0.5) is 13.2 Å². The summed E-state index contributed by atoms with van der Waals surface area (Å²) in [6, 6.07) is 12.4. The Kier molecular flexibility index (Phi) is 5.43. The van der Waals surface area contributed by atoms with Crippen molar-refractivity contribution in [3.8, 4) is 11.5 Å². The molecule has 1 aliphatic heterocycles. The van der Waals surface area contributed by atoms with Crippen LogP contribution in [0.15, 0.2) is 54.7 Å². The maximum Gasteiger partial charge on any atom is 0.573 e. The Labute approximate surface area is 170 Å². The third-order valence-corrected chi connectivity index (χ3v) is 4.75. The molecule has 4 rings (SSSR count). The summed E-state index contributed by atoms with van der Waals surface area (Å²) in [6.45, 7) is 0.935. The molecule has 1 aromatic carbocycles. The molecule has 0 spiro atoms. The third-order valence-electron chi connectivity index (χ3n) is 4.75. The number of ether oxygens (including phenoxy) is 2. The molecular weight excluding hydrogens is 399 g/mol. The fourth-order valence-corrected chi connectivity index (χ4v) is 3.35. The van der Waals surface area contributed by atoms with Crippen LogP contribution in [-0.4, -0.2) is 46.3 Å². The number of amides is 1. The van der Waals surface area contributed by atoms with Gasteiger partial charge in [-0.2, -0.15) is 0 Å². The lowest BCUT2D eigenvalue weighted by Gasteiger charge is -2.32. The van der Waals surface area contributed by atoms with E-state index in [1.165, 1.54) is 18.2 Å². The van der Waals surface area contributed by atoms with Crippen molar-refractivity contribution < 1.29 is 27.4 Å². The number of halogens is 3. The summed E-state index contributed by atoms with van der Waals surface area (Å²) in [5.74, 6) is -0.200. The van der Waals surface area contributed by atoms with E-state index in [0.717, 1.165) is 5.52 Å². The molecule has 0 N–H and O–H groups in total. The number of rotatable bonds is 4. The number of aromatic nitrogens is 2. The molecule has 3 aromatic rings. The van der Waals surface area contributed by atoms with Crippen molar-refractivity contribution in [1.29, 1.82) is 0 Å². The number of likely N-dealkylation sites (tertiary alicyclic amines) is 1. The Bertz CT molecular complexity index is 1050. The number of nitrogens with zero attached hydrogens (tertiary/aromatic N) is 3. The number of hydrogen-bond acceptors (Lipinski definition) is 5. The van der Waals surface area contributed by atoms with Gasteiger partial charge in [0.25, 0.3) is 5.91 Å². The lowest BCUT2D eigenvalue weighted by Crippen LogP contribution is -2.42. The van der Waals surface area contributed by atoms with E-state index in [-0.39, 0.29) is 17.8 Å². The van der Waals surface area contributed by atoms with Gasteiger partial charge in [-0.3, -0.25) is 9.78 Å². The Morgan fingerprint density at radius 3 is 2.53 bits per heavy atom. The molecule has 0 aliphatic carbocycles. The number of piperidine rings is 1. The van der Waals surface area contributed by atoms with Crippen LogP contribution in [0, 0.1) is 0 Å². The Morgan fingerprint density at radius 1 is 1.00 bits per heavy atom. The van der Waals surface area contributed by atoms with Gasteiger partial charge in [-0.1, -0.05) is 6.07 Å². The van der Waals surface area contributed by atoms with Gasteiger partial charge in [-0.05, 0) is 36.4 Å². The monoisotopic (exact) mass is 417 g/mol. The van der Waals surface area contributed by atoms with Crippen molar-refractivity contribution in [2.24, 2.45) is 0 Å². The maximum atomic E-state index is 12.8. The molecule has 1 aliphatic rings. The van der Waals surface area contributed by atoms with Crippen LogP contribution in [-0.2, 0) is 0 Å². The second kappa shape index (κ2) is 8.17. The maximum absolute atomic E-state index is 12.8. The van der Waals surface area contributed by atoms with Crippen LogP contribution in [0.1, 0.15) is 23.3 Å². The van der Waals surface area contributed by atoms with Gasteiger partial charge in [0.1, 0.15) is 23.3 Å². The Hall–Kier alpha value is -3.36. The SMILES string of the molecule is O=C(c1ccc2ncccc2n1)N1CCC(Oc2cccc(OC(F)(F)F)c2)CC1. The summed E-state index contributed by atoms with van der Waals surface area (Å²) in [5, 5.41) is 0. The lowest BCUT2D eigenvalue weighted by molar-refractivity contribution is -0.274. The first kappa shape index (κ1) is 19.9. The summed E-state index contributed by atoms with van der Waals surface area (Å²) in [5.41, 5.74) is 1.73. The fraction of sp³-hybridized carbons (Fsp3) is 0.286. The van der Waals surface area contributed by atoms with E-state index >= 15 is 0 Å². The number of alkyl halides is 3. The number of hydrogen-bond donors (Lipinski definition) is 0. The van der Waals surface area contributed by atoms with E-state index in [4.69, 9.17) is 4.74 Å². The van der Waals surface area contributed by atoms with Crippen molar-refractivity contribution in [3.05, 3.63) is 60.4 Å². The number of pyridine rings is 2. The largest absolute Gasteiger partial charge is 0.573 e. The van der Waals surface area contributed by atoms with Crippen LogP contribution in [0.25, 0.3) is 11.0 Å². The zero-order valence-corrected chi connectivity index (χ0v) is 15.8. The second-order valence-corrected chi connectivity index (χ2v) is 6.87. The first-order valence-corrected chi connectivity index (χ1v) is 9.41. The highest BCUT2D eigenvalue weighted by atomic mass is 19.4. The number of fused-ring (bicyclic) bond motifs is 1. The molecule has 0 atom stereocenters. The number of benzene rings is 1. The normalized spacial score (nSPS) is 15.2. The smallest absolute Gasteiger partial charge is 0.490 e. The highest BCUT2D eigenvalue weighted by Gasteiger charge is 2.31. The zero-order valence-electron chi connectivity index (χ0n) is 15.8. The Morgan fingerprint density at radius 2 is 1.77 bits per heavy atom. The van der Waals surface area contributed by atoms with Crippen LogP contribution in [0.5, 0.6) is 11.5 Å². The Balaban J connectivity index is 1.35. The van der Waals surface area contributed by atoms with Crippen LogP contribution < -0.4 is 9.47 Å². The number of carbonyl (C=O) groups is 1. The van der Waals surface area contributed by atoms with Gasteiger partial charge in [0.05, 0.1) is 11.0 Å². The molecule has 9 heteroatoms. The van der Waals surface area contributed by atoms with Crippen molar-refractivity contribution in [2.75, 3.05) is 13.1 Å². The van der Waals surface area contributed by atoms with Crippen LogP contribution >= 0.6 is 0 Å².